The van der Waals surface area contributed by atoms with Crippen molar-refractivity contribution in [3.63, 3.8) is 0 Å². The van der Waals surface area contributed by atoms with E-state index < -0.39 is 0 Å². The van der Waals surface area contributed by atoms with Crippen molar-refractivity contribution in [2.45, 2.75) is 26.5 Å². The van der Waals surface area contributed by atoms with E-state index in [2.05, 4.69) is 12.2 Å². The number of carbonyl (C=O) groups is 1. The maximum absolute atomic E-state index is 11.9. The van der Waals surface area contributed by atoms with Gasteiger partial charge in [0.1, 0.15) is 0 Å². The average molecular weight is 289 g/mol. The highest BCUT2D eigenvalue weighted by Crippen LogP contribution is 2.12. The van der Waals surface area contributed by atoms with E-state index in [4.69, 9.17) is 4.74 Å². The summed E-state index contributed by atoms with van der Waals surface area (Å²) < 4.78 is 5.58. The lowest BCUT2D eigenvalue weighted by molar-refractivity contribution is 0.0953. The summed E-state index contributed by atoms with van der Waals surface area (Å²) in [6, 6.07) is 11.8. The molecule has 2 rings (SSSR count). The number of hydrogen-bond acceptors (Lipinski definition) is 3. The Morgan fingerprint density at radius 1 is 1.20 bits per heavy atom. The van der Waals surface area contributed by atoms with Crippen molar-refractivity contribution in [3.05, 3.63) is 57.8 Å². The standard InChI is InChI=1S/C16H19NO2S/c1-2-9-19-12-14-7-4-3-6-13(14)11-17-16(18)15-8-5-10-20-15/h3-8,10H,2,9,11-12H2,1H3,(H,17,18). The molecule has 0 aliphatic heterocycles. The largest absolute Gasteiger partial charge is 0.377 e. The average Bonchev–Trinajstić information content (AvgIpc) is 3.00. The Bertz CT molecular complexity index is 537. The van der Waals surface area contributed by atoms with Crippen molar-refractivity contribution < 1.29 is 9.53 Å². The third-order valence-electron chi connectivity index (χ3n) is 2.91. The lowest BCUT2D eigenvalue weighted by Gasteiger charge is -2.10. The summed E-state index contributed by atoms with van der Waals surface area (Å²) >= 11 is 1.45. The van der Waals surface area contributed by atoms with Crippen LogP contribution in [0.5, 0.6) is 0 Å². The van der Waals surface area contributed by atoms with Gasteiger partial charge in [-0.15, -0.1) is 11.3 Å². The first-order valence-electron chi connectivity index (χ1n) is 6.77. The molecule has 0 saturated carbocycles. The number of nitrogens with one attached hydrogen (secondary N) is 1. The quantitative estimate of drug-likeness (QED) is 0.791. The number of ether oxygens (including phenoxy) is 1. The molecule has 0 aliphatic rings. The summed E-state index contributed by atoms with van der Waals surface area (Å²) in [7, 11) is 0. The summed E-state index contributed by atoms with van der Waals surface area (Å²) in [6.45, 7) is 3.98. The Labute approximate surface area is 123 Å². The summed E-state index contributed by atoms with van der Waals surface area (Å²) in [6.07, 6.45) is 1.01. The van der Waals surface area contributed by atoms with E-state index >= 15 is 0 Å². The molecule has 0 spiro atoms. The SMILES string of the molecule is CCCOCc1ccccc1CNC(=O)c1cccs1. The van der Waals surface area contributed by atoms with Gasteiger partial charge in [0.05, 0.1) is 11.5 Å². The normalized spacial score (nSPS) is 10.4. The zero-order valence-electron chi connectivity index (χ0n) is 11.6. The molecular weight excluding hydrogens is 270 g/mol. The molecule has 3 nitrogen and oxygen atoms in total. The van der Waals surface area contributed by atoms with Crippen LogP contribution in [0.1, 0.15) is 34.1 Å². The van der Waals surface area contributed by atoms with E-state index in [1.807, 2.05) is 41.8 Å². The molecule has 20 heavy (non-hydrogen) atoms. The lowest BCUT2D eigenvalue weighted by atomic mass is 10.1. The fourth-order valence-electron chi connectivity index (χ4n) is 1.87. The molecule has 1 aromatic carbocycles. The second kappa shape index (κ2) is 7.82. The third-order valence-corrected chi connectivity index (χ3v) is 3.78. The Balaban J connectivity index is 1.93. The predicted molar refractivity (Wildman–Crippen MR) is 81.9 cm³/mol. The Morgan fingerprint density at radius 3 is 2.70 bits per heavy atom. The van der Waals surface area contributed by atoms with Crippen molar-refractivity contribution in [1.29, 1.82) is 0 Å². The summed E-state index contributed by atoms with van der Waals surface area (Å²) in [5, 5.41) is 4.85. The van der Waals surface area contributed by atoms with Gasteiger partial charge in [0.15, 0.2) is 0 Å². The molecule has 0 aliphatic carbocycles. The second-order valence-electron chi connectivity index (χ2n) is 4.48. The van der Waals surface area contributed by atoms with Gasteiger partial charge in [-0.3, -0.25) is 4.79 Å². The van der Waals surface area contributed by atoms with Crippen LogP contribution in [0.15, 0.2) is 41.8 Å². The fraction of sp³-hybridized carbons (Fsp3) is 0.312. The van der Waals surface area contributed by atoms with Crippen LogP contribution in [0.3, 0.4) is 0 Å². The Kier molecular flexibility index (Phi) is 5.77. The van der Waals surface area contributed by atoms with Crippen LogP contribution in [0, 0.1) is 0 Å². The number of thiophene rings is 1. The first-order valence-corrected chi connectivity index (χ1v) is 7.65. The Morgan fingerprint density at radius 2 is 2.00 bits per heavy atom. The molecule has 1 aromatic heterocycles. The molecule has 2 aromatic rings. The molecule has 0 fully saturated rings. The highest BCUT2D eigenvalue weighted by atomic mass is 32.1. The number of carbonyl (C=O) groups excluding carboxylic acids is 1. The molecule has 0 atom stereocenters. The molecule has 0 saturated heterocycles. The molecule has 0 radical (unpaired) electrons. The van der Waals surface area contributed by atoms with Gasteiger partial charge in [-0.25, -0.2) is 0 Å². The van der Waals surface area contributed by atoms with Crippen molar-refractivity contribution in [2.24, 2.45) is 0 Å². The van der Waals surface area contributed by atoms with E-state index in [0.29, 0.717) is 13.2 Å². The van der Waals surface area contributed by atoms with Gasteiger partial charge in [-0.05, 0) is 29.0 Å². The molecular formula is C16H19NO2S. The van der Waals surface area contributed by atoms with Crippen LogP contribution in [-0.4, -0.2) is 12.5 Å². The van der Waals surface area contributed by atoms with Gasteiger partial charge < -0.3 is 10.1 Å². The van der Waals surface area contributed by atoms with Gasteiger partial charge >= 0.3 is 0 Å². The van der Waals surface area contributed by atoms with Crippen molar-refractivity contribution in [1.82, 2.24) is 5.32 Å². The minimum absolute atomic E-state index is 0.0238. The minimum atomic E-state index is -0.0238. The minimum Gasteiger partial charge on any atom is -0.377 e. The van der Waals surface area contributed by atoms with Crippen LogP contribution in [-0.2, 0) is 17.9 Å². The maximum Gasteiger partial charge on any atom is 0.261 e. The zero-order chi connectivity index (χ0) is 14.2. The number of amides is 1. The first kappa shape index (κ1) is 14.8. The van der Waals surface area contributed by atoms with Gasteiger partial charge in [0.25, 0.3) is 5.91 Å². The molecule has 1 amide bonds. The predicted octanol–water partition coefficient (Wildman–Crippen LogP) is 3.60. The maximum atomic E-state index is 11.9. The van der Waals surface area contributed by atoms with Crippen molar-refractivity contribution in [2.75, 3.05) is 6.61 Å². The molecule has 106 valence electrons. The number of rotatable bonds is 7. The molecule has 1 heterocycles. The van der Waals surface area contributed by atoms with E-state index in [-0.39, 0.29) is 5.91 Å². The van der Waals surface area contributed by atoms with Crippen LogP contribution in [0.2, 0.25) is 0 Å². The van der Waals surface area contributed by atoms with Crippen LogP contribution >= 0.6 is 11.3 Å². The van der Waals surface area contributed by atoms with Crippen LogP contribution < -0.4 is 5.32 Å². The van der Waals surface area contributed by atoms with Gasteiger partial charge in [-0.2, -0.15) is 0 Å². The van der Waals surface area contributed by atoms with Crippen LogP contribution in [0.4, 0.5) is 0 Å². The van der Waals surface area contributed by atoms with Gasteiger partial charge in [0.2, 0.25) is 0 Å². The van der Waals surface area contributed by atoms with Crippen LogP contribution in [0.25, 0.3) is 0 Å². The zero-order valence-corrected chi connectivity index (χ0v) is 12.4. The van der Waals surface area contributed by atoms with Gasteiger partial charge in [-0.1, -0.05) is 37.3 Å². The van der Waals surface area contributed by atoms with Crippen molar-refractivity contribution >= 4 is 17.2 Å². The molecule has 0 bridgehead atoms. The molecule has 1 N–H and O–H groups in total. The number of benzene rings is 1. The molecule has 4 heteroatoms. The summed E-state index contributed by atoms with van der Waals surface area (Å²) in [5.74, 6) is -0.0238. The van der Waals surface area contributed by atoms with Gasteiger partial charge in [0, 0.05) is 13.2 Å². The van der Waals surface area contributed by atoms with E-state index in [1.165, 1.54) is 11.3 Å². The lowest BCUT2D eigenvalue weighted by Crippen LogP contribution is -2.22. The highest BCUT2D eigenvalue weighted by molar-refractivity contribution is 7.12. The number of hydrogen-bond donors (Lipinski definition) is 1. The highest BCUT2D eigenvalue weighted by Gasteiger charge is 2.07. The monoisotopic (exact) mass is 289 g/mol. The van der Waals surface area contributed by atoms with E-state index in [0.717, 1.165) is 29.0 Å². The second-order valence-corrected chi connectivity index (χ2v) is 5.43. The Hall–Kier alpha value is -1.65. The first-order chi connectivity index (χ1) is 9.81. The summed E-state index contributed by atoms with van der Waals surface area (Å²) in [5.41, 5.74) is 2.24. The van der Waals surface area contributed by atoms with E-state index in [1.54, 1.807) is 0 Å². The van der Waals surface area contributed by atoms with E-state index in [9.17, 15) is 4.79 Å². The third kappa shape index (κ3) is 4.18. The molecule has 0 unspecified atom stereocenters. The summed E-state index contributed by atoms with van der Waals surface area (Å²) in [4.78, 5) is 12.7. The van der Waals surface area contributed by atoms with Crippen molar-refractivity contribution in [3.8, 4) is 0 Å². The smallest absolute Gasteiger partial charge is 0.261 e. The fourth-order valence-corrected chi connectivity index (χ4v) is 2.51. The topological polar surface area (TPSA) is 38.3 Å².